The zero-order valence-corrected chi connectivity index (χ0v) is 8.22. The lowest BCUT2D eigenvalue weighted by Crippen LogP contribution is -2.62. The van der Waals surface area contributed by atoms with Crippen molar-refractivity contribution in [2.45, 2.75) is 25.3 Å². The smallest absolute Gasteiger partial charge is 0.0342 e. The van der Waals surface area contributed by atoms with E-state index in [9.17, 15) is 0 Å². The Balaban J connectivity index is 2.47. The molecule has 1 atom stereocenters. The predicted octanol–water partition coefficient (Wildman–Crippen LogP) is 1.03. The Morgan fingerprint density at radius 2 is 2.09 bits per heavy atom. The summed E-state index contributed by atoms with van der Waals surface area (Å²) in [6.07, 6.45) is 2.65. The maximum atomic E-state index is 2.48. The van der Waals surface area contributed by atoms with Crippen molar-refractivity contribution in [3.8, 4) is 0 Å². The van der Waals surface area contributed by atoms with Crippen LogP contribution in [0.25, 0.3) is 0 Å². The van der Waals surface area contributed by atoms with Crippen LogP contribution in [0.2, 0.25) is 0 Å². The van der Waals surface area contributed by atoms with Crippen LogP contribution in [0.5, 0.6) is 0 Å². The van der Waals surface area contributed by atoms with Gasteiger partial charge in [-0.2, -0.15) is 0 Å². The molecule has 0 radical (unpaired) electrons. The van der Waals surface area contributed by atoms with Gasteiger partial charge in [0.2, 0.25) is 0 Å². The van der Waals surface area contributed by atoms with E-state index < -0.39 is 0 Å². The van der Waals surface area contributed by atoms with E-state index in [1.54, 1.807) is 0 Å². The number of rotatable bonds is 3. The number of hydrogen-bond acceptors (Lipinski definition) is 2. The molecule has 0 spiro atoms. The molecule has 0 aromatic rings. The SMILES string of the molecule is CCC1(CN(C)C)CCN1C. The van der Waals surface area contributed by atoms with Crippen LogP contribution in [0.4, 0.5) is 0 Å². The second-order valence-corrected chi connectivity index (χ2v) is 3.99. The highest BCUT2D eigenvalue weighted by Gasteiger charge is 2.40. The summed E-state index contributed by atoms with van der Waals surface area (Å²) in [5.74, 6) is 0. The molecule has 1 heterocycles. The van der Waals surface area contributed by atoms with Gasteiger partial charge in [-0.15, -0.1) is 0 Å². The molecule has 1 rings (SSSR count). The van der Waals surface area contributed by atoms with E-state index >= 15 is 0 Å². The molecule has 1 aliphatic rings. The molecular weight excluding hydrogens is 136 g/mol. The van der Waals surface area contributed by atoms with E-state index in [4.69, 9.17) is 0 Å². The van der Waals surface area contributed by atoms with E-state index in [0.29, 0.717) is 5.54 Å². The van der Waals surface area contributed by atoms with Crippen molar-refractivity contribution in [2.24, 2.45) is 0 Å². The maximum Gasteiger partial charge on any atom is 0.0342 e. The molecule has 2 nitrogen and oxygen atoms in total. The Morgan fingerprint density at radius 3 is 2.18 bits per heavy atom. The second kappa shape index (κ2) is 3.11. The predicted molar refractivity (Wildman–Crippen MR) is 48.8 cm³/mol. The number of likely N-dealkylation sites (tertiary alicyclic amines) is 1. The Morgan fingerprint density at radius 1 is 1.45 bits per heavy atom. The Bertz CT molecular complexity index is 130. The van der Waals surface area contributed by atoms with Crippen LogP contribution in [0.1, 0.15) is 19.8 Å². The quantitative estimate of drug-likeness (QED) is 0.602. The van der Waals surface area contributed by atoms with E-state index in [2.05, 4.69) is 37.9 Å². The third-order valence-corrected chi connectivity index (χ3v) is 2.99. The first-order valence-electron chi connectivity index (χ1n) is 4.47. The maximum absolute atomic E-state index is 2.48. The number of likely N-dealkylation sites (N-methyl/N-ethyl adjacent to an activating group) is 2. The van der Waals surface area contributed by atoms with E-state index in [1.165, 1.54) is 25.9 Å². The molecule has 1 aliphatic heterocycles. The second-order valence-electron chi connectivity index (χ2n) is 3.99. The summed E-state index contributed by atoms with van der Waals surface area (Å²) in [5, 5.41) is 0. The summed E-state index contributed by atoms with van der Waals surface area (Å²) in [4.78, 5) is 4.77. The lowest BCUT2D eigenvalue weighted by Gasteiger charge is -2.52. The molecule has 1 saturated heterocycles. The van der Waals surface area contributed by atoms with Gasteiger partial charge in [-0.05, 0) is 34.0 Å². The van der Waals surface area contributed by atoms with Crippen LogP contribution in [0.3, 0.4) is 0 Å². The fourth-order valence-corrected chi connectivity index (χ4v) is 2.00. The van der Waals surface area contributed by atoms with Gasteiger partial charge in [0.15, 0.2) is 0 Å². The van der Waals surface area contributed by atoms with Crippen LogP contribution in [0, 0.1) is 0 Å². The average molecular weight is 156 g/mol. The van der Waals surface area contributed by atoms with E-state index in [-0.39, 0.29) is 0 Å². The summed E-state index contributed by atoms with van der Waals surface area (Å²) in [6, 6.07) is 0. The monoisotopic (exact) mass is 156 g/mol. The van der Waals surface area contributed by atoms with Crippen molar-refractivity contribution in [3.05, 3.63) is 0 Å². The van der Waals surface area contributed by atoms with Crippen molar-refractivity contribution in [1.82, 2.24) is 9.80 Å². The van der Waals surface area contributed by atoms with Gasteiger partial charge < -0.3 is 4.90 Å². The Labute approximate surface area is 70.2 Å². The van der Waals surface area contributed by atoms with Gasteiger partial charge in [0, 0.05) is 18.6 Å². The third kappa shape index (κ3) is 1.57. The lowest BCUT2D eigenvalue weighted by molar-refractivity contribution is -0.0117. The first kappa shape index (κ1) is 9.01. The molecule has 1 fully saturated rings. The molecule has 0 aliphatic carbocycles. The van der Waals surface area contributed by atoms with Gasteiger partial charge in [0.1, 0.15) is 0 Å². The van der Waals surface area contributed by atoms with Crippen molar-refractivity contribution in [1.29, 1.82) is 0 Å². The molecule has 2 heteroatoms. The highest BCUT2D eigenvalue weighted by molar-refractivity contribution is 4.98. The summed E-state index contributed by atoms with van der Waals surface area (Å²) < 4.78 is 0. The molecule has 0 saturated carbocycles. The molecule has 66 valence electrons. The van der Waals surface area contributed by atoms with E-state index in [1.807, 2.05) is 0 Å². The van der Waals surface area contributed by atoms with Crippen molar-refractivity contribution in [2.75, 3.05) is 34.2 Å². The van der Waals surface area contributed by atoms with Crippen LogP contribution >= 0.6 is 0 Å². The zero-order chi connectivity index (χ0) is 8.48. The average Bonchev–Trinajstić information content (AvgIpc) is 1.96. The minimum atomic E-state index is 0.503. The number of nitrogens with zero attached hydrogens (tertiary/aromatic N) is 2. The normalized spacial score (nSPS) is 32.5. The Hall–Kier alpha value is -0.0800. The van der Waals surface area contributed by atoms with Gasteiger partial charge in [-0.25, -0.2) is 0 Å². The van der Waals surface area contributed by atoms with Crippen molar-refractivity contribution >= 4 is 0 Å². The minimum absolute atomic E-state index is 0.503. The molecule has 0 N–H and O–H groups in total. The number of hydrogen-bond donors (Lipinski definition) is 0. The van der Waals surface area contributed by atoms with Crippen molar-refractivity contribution < 1.29 is 0 Å². The van der Waals surface area contributed by atoms with Crippen LogP contribution in [-0.4, -0.2) is 49.6 Å². The molecule has 11 heavy (non-hydrogen) atoms. The summed E-state index contributed by atoms with van der Waals surface area (Å²) in [6.45, 7) is 4.78. The molecule has 1 unspecified atom stereocenters. The minimum Gasteiger partial charge on any atom is -0.308 e. The van der Waals surface area contributed by atoms with Crippen molar-refractivity contribution in [3.63, 3.8) is 0 Å². The van der Waals surface area contributed by atoms with Crippen LogP contribution in [-0.2, 0) is 0 Å². The van der Waals surface area contributed by atoms with Gasteiger partial charge in [-0.3, -0.25) is 4.90 Å². The highest BCUT2D eigenvalue weighted by Crippen LogP contribution is 2.32. The summed E-state index contributed by atoms with van der Waals surface area (Å²) in [5.41, 5.74) is 0.503. The highest BCUT2D eigenvalue weighted by atomic mass is 15.3. The fourth-order valence-electron chi connectivity index (χ4n) is 2.00. The van der Waals surface area contributed by atoms with Crippen LogP contribution < -0.4 is 0 Å². The molecule has 0 aromatic carbocycles. The van der Waals surface area contributed by atoms with Gasteiger partial charge in [-0.1, -0.05) is 6.92 Å². The van der Waals surface area contributed by atoms with Gasteiger partial charge in [0.25, 0.3) is 0 Å². The first-order valence-corrected chi connectivity index (χ1v) is 4.47. The van der Waals surface area contributed by atoms with Gasteiger partial charge in [0.05, 0.1) is 0 Å². The first-order chi connectivity index (χ1) is 5.10. The molecule has 0 amide bonds. The molecular formula is C9H20N2. The van der Waals surface area contributed by atoms with E-state index in [0.717, 1.165) is 0 Å². The summed E-state index contributed by atoms with van der Waals surface area (Å²) >= 11 is 0. The molecule has 0 bridgehead atoms. The van der Waals surface area contributed by atoms with Crippen LogP contribution in [0.15, 0.2) is 0 Å². The lowest BCUT2D eigenvalue weighted by atomic mass is 9.82. The topological polar surface area (TPSA) is 6.48 Å². The fraction of sp³-hybridized carbons (Fsp3) is 1.00. The largest absolute Gasteiger partial charge is 0.308 e. The molecule has 0 aromatic heterocycles. The zero-order valence-electron chi connectivity index (χ0n) is 8.22. The Kier molecular flexibility index (Phi) is 2.55. The van der Waals surface area contributed by atoms with Gasteiger partial charge >= 0.3 is 0 Å². The third-order valence-electron chi connectivity index (χ3n) is 2.99. The summed E-state index contributed by atoms with van der Waals surface area (Å²) in [7, 11) is 6.55. The standard InChI is InChI=1S/C9H20N2/c1-5-9(8-10(2)3)6-7-11(9)4/h5-8H2,1-4H3.